The van der Waals surface area contributed by atoms with Crippen LogP contribution in [-0.4, -0.2) is 45.8 Å². The minimum atomic E-state index is -0.315. The van der Waals surface area contributed by atoms with Gasteiger partial charge in [-0.1, -0.05) is 12.1 Å². The Morgan fingerprint density at radius 2 is 1.65 bits per heavy atom. The highest BCUT2D eigenvalue weighted by Crippen LogP contribution is 2.18. The van der Waals surface area contributed by atoms with E-state index in [4.69, 9.17) is 0 Å². The third-order valence-corrected chi connectivity index (χ3v) is 5.75. The van der Waals surface area contributed by atoms with Gasteiger partial charge < -0.3 is 10.2 Å². The monoisotopic (exact) mass is 420 g/mol. The molecule has 2 aromatic carbocycles. The summed E-state index contributed by atoms with van der Waals surface area (Å²) in [6, 6.07) is 11.4. The highest BCUT2D eigenvalue weighted by atomic mass is 19.1. The molecule has 4 rings (SSSR count). The molecule has 1 saturated heterocycles. The first-order valence-corrected chi connectivity index (χ1v) is 10.5. The van der Waals surface area contributed by atoms with Crippen molar-refractivity contribution in [2.45, 2.75) is 39.2 Å². The molecule has 0 bridgehead atoms. The Morgan fingerprint density at radius 3 is 2.32 bits per heavy atom. The molecule has 1 aliphatic heterocycles. The Balaban J connectivity index is 1.33. The third kappa shape index (κ3) is 4.87. The maximum Gasteiger partial charge on any atom is 0.253 e. The molecule has 160 valence electrons. The van der Waals surface area contributed by atoms with Crippen LogP contribution in [0, 0.1) is 19.7 Å². The normalized spacial score (nSPS) is 14.6. The Labute approximate surface area is 180 Å². The van der Waals surface area contributed by atoms with E-state index in [0.29, 0.717) is 31.5 Å². The van der Waals surface area contributed by atoms with Crippen LogP contribution in [0.4, 0.5) is 4.39 Å². The number of fused-ring (bicyclic) bond motifs is 1. The number of piperidine rings is 1. The number of rotatable bonds is 4. The summed E-state index contributed by atoms with van der Waals surface area (Å²) >= 11 is 0. The molecule has 7 heteroatoms. The molecule has 0 saturated carbocycles. The summed E-state index contributed by atoms with van der Waals surface area (Å²) in [5.41, 5.74) is 4.61. The predicted octanol–water partition coefficient (Wildman–Crippen LogP) is 3.35. The number of carbonyl (C=O) groups excluding carboxylic acids is 2. The average molecular weight is 420 g/mol. The maximum absolute atomic E-state index is 13.0. The number of likely N-dealkylation sites (tertiary alicyclic amines) is 1. The lowest BCUT2D eigenvalue weighted by atomic mass is 10.0. The van der Waals surface area contributed by atoms with Gasteiger partial charge in [0.05, 0.1) is 28.8 Å². The molecule has 31 heavy (non-hydrogen) atoms. The van der Waals surface area contributed by atoms with Gasteiger partial charge in [0.25, 0.3) is 5.91 Å². The maximum atomic E-state index is 13.0. The first kappa shape index (κ1) is 20.9. The standard InChI is InChI=1S/C24H25FN4O2/c1-15-16(2)27-22-14-18(5-8-21(22)26-15)24(31)29-11-9-20(10-12-29)28-23(30)13-17-3-6-19(25)7-4-17/h3-8,14,20H,9-13H2,1-2H3,(H,28,30). The van der Waals surface area contributed by atoms with Crippen LogP contribution in [0.25, 0.3) is 11.0 Å². The number of aryl methyl sites for hydroxylation is 2. The van der Waals surface area contributed by atoms with Crippen molar-refractivity contribution in [3.05, 3.63) is 70.8 Å². The van der Waals surface area contributed by atoms with Gasteiger partial charge in [-0.3, -0.25) is 9.59 Å². The van der Waals surface area contributed by atoms with Crippen molar-refractivity contribution in [3.8, 4) is 0 Å². The molecule has 0 unspecified atom stereocenters. The van der Waals surface area contributed by atoms with Crippen molar-refractivity contribution in [2.75, 3.05) is 13.1 Å². The van der Waals surface area contributed by atoms with Crippen LogP contribution in [0.1, 0.15) is 40.2 Å². The van der Waals surface area contributed by atoms with Crippen LogP contribution in [0.2, 0.25) is 0 Å². The smallest absolute Gasteiger partial charge is 0.253 e. The van der Waals surface area contributed by atoms with Crippen molar-refractivity contribution in [1.82, 2.24) is 20.2 Å². The average Bonchev–Trinajstić information content (AvgIpc) is 2.76. The second-order valence-electron chi connectivity index (χ2n) is 8.04. The van der Waals surface area contributed by atoms with Gasteiger partial charge in [-0.25, -0.2) is 14.4 Å². The number of halogens is 1. The second-order valence-corrected chi connectivity index (χ2v) is 8.04. The zero-order chi connectivity index (χ0) is 22.0. The van der Waals surface area contributed by atoms with Crippen molar-refractivity contribution in [1.29, 1.82) is 0 Å². The zero-order valence-corrected chi connectivity index (χ0v) is 17.7. The molecule has 0 spiro atoms. The van der Waals surface area contributed by atoms with E-state index < -0.39 is 0 Å². The van der Waals surface area contributed by atoms with E-state index in [1.165, 1.54) is 12.1 Å². The minimum Gasteiger partial charge on any atom is -0.353 e. The quantitative estimate of drug-likeness (QED) is 0.702. The Hall–Kier alpha value is -3.35. The fraction of sp³-hybridized carbons (Fsp3) is 0.333. The van der Waals surface area contributed by atoms with Crippen LogP contribution in [0.15, 0.2) is 42.5 Å². The predicted molar refractivity (Wildman–Crippen MR) is 116 cm³/mol. The largest absolute Gasteiger partial charge is 0.353 e. The Morgan fingerprint density at radius 1 is 1.00 bits per heavy atom. The number of hydrogen-bond acceptors (Lipinski definition) is 4. The second kappa shape index (κ2) is 8.79. The van der Waals surface area contributed by atoms with E-state index in [-0.39, 0.29) is 30.1 Å². The van der Waals surface area contributed by atoms with Gasteiger partial charge in [-0.15, -0.1) is 0 Å². The summed E-state index contributed by atoms with van der Waals surface area (Å²) in [7, 11) is 0. The Bertz CT molecular complexity index is 1120. The summed E-state index contributed by atoms with van der Waals surface area (Å²) in [4.78, 5) is 36.1. The summed E-state index contributed by atoms with van der Waals surface area (Å²) in [6.07, 6.45) is 1.62. The molecule has 2 amide bonds. The van der Waals surface area contributed by atoms with Gasteiger partial charge in [0, 0.05) is 24.7 Å². The van der Waals surface area contributed by atoms with Crippen LogP contribution < -0.4 is 5.32 Å². The van der Waals surface area contributed by atoms with E-state index >= 15 is 0 Å². The molecule has 1 fully saturated rings. The summed E-state index contributed by atoms with van der Waals surface area (Å²) < 4.78 is 13.0. The van der Waals surface area contributed by atoms with Crippen molar-refractivity contribution in [3.63, 3.8) is 0 Å². The van der Waals surface area contributed by atoms with Crippen LogP contribution in [0.5, 0.6) is 0 Å². The number of hydrogen-bond donors (Lipinski definition) is 1. The first-order chi connectivity index (χ1) is 14.9. The Kier molecular flexibility index (Phi) is 5.93. The molecule has 1 aromatic heterocycles. The number of carbonyl (C=O) groups is 2. The first-order valence-electron chi connectivity index (χ1n) is 10.5. The molecule has 0 atom stereocenters. The number of benzene rings is 2. The van der Waals surface area contributed by atoms with Gasteiger partial charge in [-0.2, -0.15) is 0 Å². The van der Waals surface area contributed by atoms with Gasteiger partial charge >= 0.3 is 0 Å². The molecular weight excluding hydrogens is 395 g/mol. The molecular formula is C24H25FN4O2. The molecule has 0 radical (unpaired) electrons. The van der Waals surface area contributed by atoms with E-state index in [9.17, 15) is 14.0 Å². The molecule has 6 nitrogen and oxygen atoms in total. The molecule has 1 aliphatic rings. The summed E-state index contributed by atoms with van der Waals surface area (Å²) in [5.74, 6) is -0.432. The SMILES string of the molecule is Cc1nc2ccc(C(=O)N3CCC(NC(=O)Cc4ccc(F)cc4)CC3)cc2nc1C. The van der Waals surface area contributed by atoms with Crippen molar-refractivity contribution in [2.24, 2.45) is 0 Å². The number of amides is 2. The van der Waals surface area contributed by atoms with E-state index in [1.807, 2.05) is 24.8 Å². The fourth-order valence-corrected chi connectivity index (χ4v) is 3.84. The lowest BCUT2D eigenvalue weighted by Crippen LogP contribution is -2.46. The van der Waals surface area contributed by atoms with Crippen LogP contribution >= 0.6 is 0 Å². The van der Waals surface area contributed by atoms with E-state index in [2.05, 4.69) is 15.3 Å². The summed E-state index contributed by atoms with van der Waals surface area (Å²) in [5, 5.41) is 3.03. The summed E-state index contributed by atoms with van der Waals surface area (Å²) in [6.45, 7) is 4.99. The molecule has 2 heterocycles. The van der Waals surface area contributed by atoms with E-state index in [0.717, 1.165) is 28.0 Å². The number of aromatic nitrogens is 2. The van der Waals surface area contributed by atoms with E-state index in [1.54, 1.807) is 24.3 Å². The fourth-order valence-electron chi connectivity index (χ4n) is 3.84. The third-order valence-electron chi connectivity index (χ3n) is 5.75. The molecule has 1 N–H and O–H groups in total. The van der Waals surface area contributed by atoms with Gasteiger partial charge in [0.1, 0.15) is 5.82 Å². The highest BCUT2D eigenvalue weighted by molar-refractivity contribution is 5.97. The lowest BCUT2D eigenvalue weighted by Gasteiger charge is -2.32. The molecule has 0 aliphatic carbocycles. The van der Waals surface area contributed by atoms with Crippen molar-refractivity contribution >= 4 is 22.8 Å². The lowest BCUT2D eigenvalue weighted by molar-refractivity contribution is -0.121. The minimum absolute atomic E-state index is 0.0296. The molecule has 3 aromatic rings. The van der Waals surface area contributed by atoms with Gasteiger partial charge in [0.2, 0.25) is 5.91 Å². The van der Waals surface area contributed by atoms with Crippen LogP contribution in [-0.2, 0) is 11.2 Å². The number of nitrogens with one attached hydrogen (secondary N) is 1. The topological polar surface area (TPSA) is 75.2 Å². The van der Waals surface area contributed by atoms with Gasteiger partial charge in [0.15, 0.2) is 0 Å². The van der Waals surface area contributed by atoms with Crippen molar-refractivity contribution < 1.29 is 14.0 Å². The zero-order valence-electron chi connectivity index (χ0n) is 17.7. The van der Waals surface area contributed by atoms with Crippen LogP contribution in [0.3, 0.4) is 0 Å². The van der Waals surface area contributed by atoms with Gasteiger partial charge in [-0.05, 0) is 62.6 Å². The number of nitrogens with zero attached hydrogens (tertiary/aromatic N) is 3. The highest BCUT2D eigenvalue weighted by Gasteiger charge is 2.25.